The Labute approximate surface area is 286 Å². The molecule has 2 bridgehead atoms. The van der Waals surface area contributed by atoms with E-state index in [4.69, 9.17) is 4.74 Å². The number of aromatic amines is 1. The Bertz CT molecular complexity index is 1910. The molecule has 0 radical (unpaired) electrons. The first-order valence-electron chi connectivity index (χ1n) is 15.9. The van der Waals surface area contributed by atoms with Crippen molar-refractivity contribution >= 4 is 52.5 Å². The van der Waals surface area contributed by atoms with Gasteiger partial charge in [-0.15, -0.1) is 11.8 Å². The van der Waals surface area contributed by atoms with Crippen LogP contribution in [0.3, 0.4) is 0 Å². The Morgan fingerprint density at radius 1 is 1.06 bits per heavy atom. The van der Waals surface area contributed by atoms with Crippen LogP contribution in [0.5, 0.6) is 5.75 Å². The van der Waals surface area contributed by atoms with Crippen molar-refractivity contribution in [3.63, 3.8) is 0 Å². The number of para-hydroxylation sites is 1. The summed E-state index contributed by atoms with van der Waals surface area (Å²) in [7, 11) is 0. The number of anilines is 1. The molecule has 2 aliphatic carbocycles. The number of thioether (sulfide) groups is 1. The first kappa shape index (κ1) is 33.4. The van der Waals surface area contributed by atoms with Crippen LogP contribution < -0.4 is 14.9 Å². The predicted octanol–water partition coefficient (Wildman–Crippen LogP) is 5.45. The summed E-state index contributed by atoms with van der Waals surface area (Å²) in [5.74, 6) is -4.96. The van der Waals surface area contributed by atoms with Gasteiger partial charge in [0.15, 0.2) is 6.61 Å². The summed E-state index contributed by atoms with van der Waals surface area (Å²) in [5.41, 5.74) is -0.271. The lowest BCUT2D eigenvalue weighted by Gasteiger charge is -2.43. The standard InChI is InChI=1S/C34H32F3N3O7S2/c1-14(2)10-20(32(44)45)40-30(42)25-18-12-19(26(25)31(40)43)27-24(18)23(28-29(48-27)39-33(46)49-28)17-8-3-4-9-21(17)47-13-22(41)38-16-7-5-6-15(11-16)34(35,36)37/h3-9,11,14,18-20,23-27H,10,12-13H2,1-2H3,(H,38,41)(H,39,46)(H,44,45)/t18?,19?,20?,23-,24?,25?,26?,27?/m1/s1. The largest absolute Gasteiger partial charge is 0.483 e. The molecule has 3 aromatic rings. The van der Waals surface area contributed by atoms with E-state index in [1.165, 1.54) is 23.9 Å². The molecule has 1 saturated heterocycles. The highest BCUT2D eigenvalue weighted by molar-refractivity contribution is 8.00. The molecule has 7 unspecified atom stereocenters. The van der Waals surface area contributed by atoms with Gasteiger partial charge in [0.2, 0.25) is 11.8 Å². The van der Waals surface area contributed by atoms with Crippen LogP contribution in [0.15, 0.2) is 58.4 Å². The minimum Gasteiger partial charge on any atom is -0.483 e. The van der Waals surface area contributed by atoms with E-state index in [0.29, 0.717) is 22.8 Å². The van der Waals surface area contributed by atoms with Gasteiger partial charge in [0.05, 0.1) is 22.4 Å². The summed E-state index contributed by atoms with van der Waals surface area (Å²) in [5, 5.41) is 13.0. The molecule has 258 valence electrons. The van der Waals surface area contributed by atoms with Crippen LogP contribution in [0.4, 0.5) is 18.9 Å². The third-order valence-electron chi connectivity index (χ3n) is 10.1. The van der Waals surface area contributed by atoms with Crippen molar-refractivity contribution in [2.75, 3.05) is 11.9 Å². The van der Waals surface area contributed by atoms with Crippen LogP contribution in [0.25, 0.3) is 0 Å². The number of rotatable bonds is 9. The fraction of sp³-hybridized carbons (Fsp3) is 0.441. The maximum Gasteiger partial charge on any atom is 0.416 e. The number of fused-ring (bicyclic) bond motifs is 9. The number of carbonyl (C=O) groups is 4. The van der Waals surface area contributed by atoms with Crippen molar-refractivity contribution in [1.82, 2.24) is 9.88 Å². The van der Waals surface area contributed by atoms with Crippen LogP contribution in [-0.4, -0.2) is 56.6 Å². The van der Waals surface area contributed by atoms with Crippen molar-refractivity contribution in [2.45, 2.75) is 55.1 Å². The third-order valence-corrected chi connectivity index (χ3v) is 12.7. The molecule has 2 aromatic carbocycles. The number of carbonyl (C=O) groups excluding carboxylic acids is 3. The number of alkyl halides is 3. The summed E-state index contributed by atoms with van der Waals surface area (Å²) in [4.78, 5) is 70.1. The molecule has 3 amide bonds. The lowest BCUT2D eigenvalue weighted by atomic mass is 9.68. The maximum atomic E-state index is 14.0. The van der Waals surface area contributed by atoms with Crippen molar-refractivity contribution < 1.29 is 42.2 Å². The van der Waals surface area contributed by atoms with Gasteiger partial charge in [0, 0.05) is 27.3 Å². The second-order valence-corrected chi connectivity index (χ2v) is 15.6. The fourth-order valence-electron chi connectivity index (χ4n) is 8.44. The zero-order valence-corrected chi connectivity index (χ0v) is 27.9. The topological polar surface area (TPSA) is 146 Å². The first-order valence-corrected chi connectivity index (χ1v) is 17.6. The number of likely N-dealkylation sites (tertiary alicyclic amines) is 1. The van der Waals surface area contributed by atoms with E-state index in [9.17, 15) is 42.3 Å². The second-order valence-electron chi connectivity index (χ2n) is 13.4. The highest BCUT2D eigenvalue weighted by Crippen LogP contribution is 2.69. The van der Waals surface area contributed by atoms with Crippen LogP contribution in [0.2, 0.25) is 0 Å². The van der Waals surface area contributed by atoms with Crippen LogP contribution in [0, 0.1) is 35.5 Å². The first-order chi connectivity index (χ1) is 23.2. The number of hydrogen-bond donors (Lipinski definition) is 3. The van der Waals surface area contributed by atoms with Crippen LogP contribution >= 0.6 is 23.1 Å². The number of carboxylic acid groups (broad SMARTS) is 1. The molecule has 1 aromatic heterocycles. The molecule has 2 aliphatic heterocycles. The fourth-order valence-corrected chi connectivity index (χ4v) is 11.3. The van der Waals surface area contributed by atoms with Crippen molar-refractivity contribution in [3.05, 3.63) is 74.2 Å². The van der Waals surface area contributed by atoms with E-state index in [2.05, 4.69) is 10.3 Å². The van der Waals surface area contributed by atoms with Gasteiger partial charge in [-0.2, -0.15) is 13.2 Å². The minimum atomic E-state index is -4.57. The average molecular weight is 716 g/mol. The molecule has 4 aliphatic rings. The highest BCUT2D eigenvalue weighted by Gasteiger charge is 2.70. The Morgan fingerprint density at radius 2 is 1.78 bits per heavy atom. The van der Waals surface area contributed by atoms with Gasteiger partial charge in [-0.25, -0.2) is 4.79 Å². The number of amides is 3. The van der Waals surface area contributed by atoms with E-state index in [-0.39, 0.29) is 45.9 Å². The molecular weight excluding hydrogens is 684 g/mol. The Morgan fingerprint density at radius 3 is 2.47 bits per heavy atom. The molecule has 0 spiro atoms. The number of benzene rings is 2. The van der Waals surface area contributed by atoms with Gasteiger partial charge in [0.1, 0.15) is 11.8 Å². The number of nitrogens with one attached hydrogen (secondary N) is 2. The molecular formula is C34H32F3N3O7S2. The number of hydrogen-bond acceptors (Lipinski definition) is 8. The summed E-state index contributed by atoms with van der Waals surface area (Å²) < 4.78 is 45.5. The Balaban J connectivity index is 1.18. The van der Waals surface area contributed by atoms with Gasteiger partial charge >= 0.3 is 17.0 Å². The molecule has 7 rings (SSSR count). The van der Waals surface area contributed by atoms with E-state index in [1.54, 1.807) is 18.2 Å². The zero-order valence-electron chi connectivity index (χ0n) is 26.2. The van der Waals surface area contributed by atoms with Gasteiger partial charge in [-0.1, -0.05) is 49.4 Å². The molecule has 3 heterocycles. The van der Waals surface area contributed by atoms with Gasteiger partial charge < -0.3 is 20.1 Å². The highest BCUT2D eigenvalue weighted by atomic mass is 32.2. The van der Waals surface area contributed by atoms with Crippen LogP contribution in [-0.2, 0) is 25.4 Å². The lowest BCUT2D eigenvalue weighted by molar-refractivity contribution is -0.156. The summed E-state index contributed by atoms with van der Waals surface area (Å²) in [6.07, 6.45) is -3.83. The van der Waals surface area contributed by atoms with Gasteiger partial charge in [0.25, 0.3) is 5.91 Å². The Kier molecular flexibility index (Phi) is 8.41. The van der Waals surface area contributed by atoms with Crippen molar-refractivity contribution in [1.29, 1.82) is 0 Å². The molecule has 3 N–H and O–H groups in total. The molecule has 15 heteroatoms. The smallest absolute Gasteiger partial charge is 0.416 e. The number of ether oxygens (including phenoxy) is 1. The Hall–Kier alpha value is -4.11. The van der Waals surface area contributed by atoms with Crippen molar-refractivity contribution in [3.8, 4) is 5.75 Å². The van der Waals surface area contributed by atoms with E-state index in [0.717, 1.165) is 33.2 Å². The molecule has 49 heavy (non-hydrogen) atoms. The van der Waals surface area contributed by atoms with Crippen molar-refractivity contribution in [2.24, 2.45) is 35.5 Å². The number of aromatic nitrogens is 1. The second kappa shape index (κ2) is 12.3. The van der Waals surface area contributed by atoms with Gasteiger partial charge in [-0.05, 0) is 60.8 Å². The number of aliphatic carboxylic acids is 1. The summed E-state index contributed by atoms with van der Waals surface area (Å²) in [6.45, 7) is 3.17. The summed E-state index contributed by atoms with van der Waals surface area (Å²) >= 11 is 2.54. The monoisotopic (exact) mass is 715 g/mol. The number of carboxylic acids is 1. The predicted molar refractivity (Wildman–Crippen MR) is 173 cm³/mol. The SMILES string of the molecule is CC(C)CC(C(=O)O)N1C(=O)C2C3CC(C2C1=O)C1C3Sc2[nH]c(=O)sc2[C@@H]1c1ccccc1OCC(=O)Nc1cccc(C(F)(F)F)c1. The number of thiazole rings is 1. The van der Waals surface area contributed by atoms with E-state index < -0.39 is 65.8 Å². The van der Waals surface area contributed by atoms with Crippen LogP contribution in [0.1, 0.15) is 48.6 Å². The molecule has 10 nitrogen and oxygen atoms in total. The van der Waals surface area contributed by atoms with E-state index in [1.807, 2.05) is 19.9 Å². The number of imide groups is 1. The zero-order chi connectivity index (χ0) is 34.9. The summed E-state index contributed by atoms with van der Waals surface area (Å²) in [6, 6.07) is 10.0. The quantitative estimate of drug-likeness (QED) is 0.248. The minimum absolute atomic E-state index is 0.0366. The molecule has 2 saturated carbocycles. The van der Waals surface area contributed by atoms with Gasteiger partial charge in [-0.3, -0.25) is 24.1 Å². The third kappa shape index (κ3) is 5.73. The normalized spacial score (nSPS) is 27.6. The molecule has 8 atom stereocenters. The number of H-pyrrole nitrogens is 1. The number of nitrogens with zero attached hydrogens (tertiary/aromatic N) is 1. The average Bonchev–Trinajstić information content (AvgIpc) is 3.77. The van der Waals surface area contributed by atoms with E-state index >= 15 is 0 Å². The number of halogens is 3. The lowest BCUT2D eigenvalue weighted by Crippen LogP contribution is -2.47. The maximum absolute atomic E-state index is 14.0. The molecule has 3 fully saturated rings.